The average Bonchev–Trinajstić information content (AvgIpc) is 2.87. The minimum atomic E-state index is -0.482. The van der Waals surface area contributed by atoms with Gasteiger partial charge in [0.05, 0.1) is 17.8 Å². The molecule has 2 aromatic rings. The minimum absolute atomic E-state index is 0.0929. The van der Waals surface area contributed by atoms with Gasteiger partial charge in [-0.05, 0) is 41.4 Å². The SMILES string of the molecule is CCC(c1nc(CSc2ccccc2Br)no1)C(C)O. The number of nitrogens with zero attached hydrogens (tertiary/aromatic N) is 2. The first-order valence-electron chi connectivity index (χ1n) is 6.49. The number of hydrogen-bond donors (Lipinski definition) is 1. The van der Waals surface area contributed by atoms with E-state index in [4.69, 9.17) is 4.52 Å². The number of benzene rings is 1. The van der Waals surface area contributed by atoms with E-state index in [0.717, 1.165) is 15.8 Å². The topological polar surface area (TPSA) is 59.2 Å². The third-order valence-electron chi connectivity index (χ3n) is 3.02. The Morgan fingerprint density at radius 1 is 1.40 bits per heavy atom. The van der Waals surface area contributed by atoms with Gasteiger partial charge in [0.25, 0.3) is 0 Å². The molecule has 0 spiro atoms. The van der Waals surface area contributed by atoms with Crippen LogP contribution in [0.3, 0.4) is 0 Å². The molecule has 2 rings (SSSR count). The number of aromatic nitrogens is 2. The number of aliphatic hydroxyl groups is 1. The molecule has 1 aromatic carbocycles. The summed E-state index contributed by atoms with van der Waals surface area (Å²) in [5, 5.41) is 13.7. The molecule has 108 valence electrons. The number of aliphatic hydroxyl groups excluding tert-OH is 1. The van der Waals surface area contributed by atoms with E-state index in [1.807, 2.05) is 31.2 Å². The predicted molar refractivity (Wildman–Crippen MR) is 82.7 cm³/mol. The Bertz CT molecular complexity index is 560. The Hall–Kier alpha value is -0.850. The maximum absolute atomic E-state index is 9.68. The number of thioether (sulfide) groups is 1. The van der Waals surface area contributed by atoms with Gasteiger partial charge in [-0.3, -0.25) is 0 Å². The van der Waals surface area contributed by atoms with Crippen LogP contribution in [0.5, 0.6) is 0 Å². The van der Waals surface area contributed by atoms with Crippen molar-refractivity contribution in [3.05, 3.63) is 40.5 Å². The van der Waals surface area contributed by atoms with Crippen molar-refractivity contribution in [1.82, 2.24) is 10.1 Å². The first-order valence-corrected chi connectivity index (χ1v) is 8.27. The van der Waals surface area contributed by atoms with Crippen LogP contribution in [0, 0.1) is 0 Å². The molecule has 20 heavy (non-hydrogen) atoms. The maximum atomic E-state index is 9.68. The Balaban J connectivity index is 2.01. The van der Waals surface area contributed by atoms with E-state index in [1.54, 1.807) is 18.7 Å². The van der Waals surface area contributed by atoms with Gasteiger partial charge in [0.1, 0.15) is 0 Å². The fraction of sp³-hybridized carbons (Fsp3) is 0.429. The van der Waals surface area contributed by atoms with Crippen molar-refractivity contribution in [3.8, 4) is 0 Å². The highest BCUT2D eigenvalue weighted by Crippen LogP contribution is 2.29. The smallest absolute Gasteiger partial charge is 0.232 e. The largest absolute Gasteiger partial charge is 0.393 e. The van der Waals surface area contributed by atoms with E-state index in [1.165, 1.54) is 0 Å². The summed E-state index contributed by atoms with van der Waals surface area (Å²) < 4.78 is 6.31. The number of hydrogen-bond acceptors (Lipinski definition) is 5. The van der Waals surface area contributed by atoms with E-state index in [9.17, 15) is 5.11 Å². The highest BCUT2D eigenvalue weighted by Gasteiger charge is 2.22. The van der Waals surface area contributed by atoms with Crippen molar-refractivity contribution in [3.63, 3.8) is 0 Å². The van der Waals surface area contributed by atoms with Crippen molar-refractivity contribution in [2.75, 3.05) is 0 Å². The molecule has 0 saturated heterocycles. The molecule has 0 saturated carbocycles. The second-order valence-electron chi connectivity index (χ2n) is 4.52. The molecule has 0 aliphatic heterocycles. The first-order chi connectivity index (χ1) is 9.61. The summed E-state index contributed by atoms with van der Waals surface area (Å²) in [4.78, 5) is 5.51. The zero-order chi connectivity index (χ0) is 14.5. The predicted octanol–water partition coefficient (Wildman–Crippen LogP) is 4.00. The molecule has 2 atom stereocenters. The van der Waals surface area contributed by atoms with Gasteiger partial charge in [-0.25, -0.2) is 0 Å². The molecular weight excluding hydrogens is 340 g/mol. The fourth-order valence-corrected chi connectivity index (χ4v) is 3.31. The third kappa shape index (κ3) is 3.84. The van der Waals surface area contributed by atoms with Crippen molar-refractivity contribution in [2.45, 2.75) is 42.9 Å². The molecule has 0 aliphatic carbocycles. The highest BCUT2D eigenvalue weighted by molar-refractivity contribution is 9.10. The van der Waals surface area contributed by atoms with Gasteiger partial charge >= 0.3 is 0 Å². The molecule has 4 nitrogen and oxygen atoms in total. The van der Waals surface area contributed by atoms with Crippen molar-refractivity contribution in [1.29, 1.82) is 0 Å². The lowest BCUT2D eigenvalue weighted by atomic mass is 10.0. The Morgan fingerprint density at radius 3 is 2.80 bits per heavy atom. The summed E-state index contributed by atoms with van der Waals surface area (Å²) in [6, 6.07) is 8.02. The molecule has 0 fully saturated rings. The fourth-order valence-electron chi connectivity index (χ4n) is 1.90. The molecule has 2 unspecified atom stereocenters. The molecule has 0 bridgehead atoms. The molecule has 0 amide bonds. The first kappa shape index (κ1) is 15.5. The van der Waals surface area contributed by atoms with Crippen LogP contribution in [0.4, 0.5) is 0 Å². The van der Waals surface area contributed by atoms with Crippen LogP contribution in [-0.4, -0.2) is 21.4 Å². The third-order valence-corrected chi connectivity index (χ3v) is 5.04. The van der Waals surface area contributed by atoms with Gasteiger partial charge in [-0.15, -0.1) is 11.8 Å². The summed E-state index contributed by atoms with van der Waals surface area (Å²) in [5.74, 6) is 1.72. The standard InChI is InChI=1S/C14H17BrN2O2S/c1-3-10(9(2)18)14-16-13(17-19-14)8-20-12-7-5-4-6-11(12)15/h4-7,9-10,18H,3,8H2,1-2H3. The molecule has 1 heterocycles. The summed E-state index contributed by atoms with van der Waals surface area (Å²) in [7, 11) is 0. The Labute approximate surface area is 131 Å². The van der Waals surface area contributed by atoms with Gasteiger partial charge in [-0.2, -0.15) is 4.98 Å². The van der Waals surface area contributed by atoms with Gasteiger partial charge in [0.15, 0.2) is 5.82 Å². The molecule has 1 aromatic heterocycles. The molecular formula is C14H17BrN2O2S. The number of rotatable bonds is 6. The van der Waals surface area contributed by atoms with Gasteiger partial charge in [0.2, 0.25) is 5.89 Å². The summed E-state index contributed by atoms with van der Waals surface area (Å²) in [6.07, 6.45) is 0.292. The van der Waals surface area contributed by atoms with E-state index in [2.05, 4.69) is 26.1 Å². The van der Waals surface area contributed by atoms with Crippen molar-refractivity contribution >= 4 is 27.7 Å². The van der Waals surface area contributed by atoms with Crippen LogP contribution in [0.15, 0.2) is 38.2 Å². The zero-order valence-corrected chi connectivity index (χ0v) is 13.8. The summed E-state index contributed by atoms with van der Waals surface area (Å²) >= 11 is 5.16. The van der Waals surface area contributed by atoms with Gasteiger partial charge in [0, 0.05) is 9.37 Å². The van der Waals surface area contributed by atoms with Gasteiger partial charge < -0.3 is 9.63 Å². The van der Waals surface area contributed by atoms with E-state index >= 15 is 0 Å². The zero-order valence-electron chi connectivity index (χ0n) is 11.4. The number of halogens is 1. The van der Waals surface area contributed by atoms with Crippen LogP contribution in [0.2, 0.25) is 0 Å². The van der Waals surface area contributed by atoms with Crippen LogP contribution >= 0.6 is 27.7 Å². The second-order valence-corrected chi connectivity index (χ2v) is 6.39. The summed E-state index contributed by atoms with van der Waals surface area (Å²) in [5.41, 5.74) is 0. The molecule has 0 radical (unpaired) electrons. The highest BCUT2D eigenvalue weighted by atomic mass is 79.9. The lowest BCUT2D eigenvalue weighted by Gasteiger charge is -2.12. The maximum Gasteiger partial charge on any atom is 0.232 e. The van der Waals surface area contributed by atoms with E-state index in [0.29, 0.717) is 17.5 Å². The monoisotopic (exact) mass is 356 g/mol. The van der Waals surface area contributed by atoms with Crippen LogP contribution in [0.25, 0.3) is 0 Å². The van der Waals surface area contributed by atoms with Crippen LogP contribution in [0.1, 0.15) is 37.9 Å². The van der Waals surface area contributed by atoms with Crippen molar-refractivity contribution in [2.24, 2.45) is 0 Å². The second kappa shape index (κ2) is 7.24. The molecule has 1 N–H and O–H groups in total. The van der Waals surface area contributed by atoms with Crippen molar-refractivity contribution < 1.29 is 9.63 Å². The minimum Gasteiger partial charge on any atom is -0.393 e. The quantitative estimate of drug-likeness (QED) is 0.792. The average molecular weight is 357 g/mol. The van der Waals surface area contributed by atoms with Crippen LogP contribution < -0.4 is 0 Å². The lowest BCUT2D eigenvalue weighted by Crippen LogP contribution is -2.14. The molecule has 6 heteroatoms. The lowest BCUT2D eigenvalue weighted by molar-refractivity contribution is 0.141. The van der Waals surface area contributed by atoms with E-state index in [-0.39, 0.29) is 5.92 Å². The van der Waals surface area contributed by atoms with E-state index < -0.39 is 6.10 Å². The summed E-state index contributed by atoms with van der Waals surface area (Å²) in [6.45, 7) is 3.74. The Morgan fingerprint density at radius 2 is 2.15 bits per heavy atom. The van der Waals surface area contributed by atoms with Crippen LogP contribution in [-0.2, 0) is 5.75 Å². The normalized spacial score (nSPS) is 14.2. The van der Waals surface area contributed by atoms with Gasteiger partial charge in [-0.1, -0.05) is 24.2 Å². The Kier molecular flexibility index (Phi) is 5.63. The molecule has 0 aliphatic rings.